The summed E-state index contributed by atoms with van der Waals surface area (Å²) in [5.74, 6) is -0.325. The standard InChI is InChI=1S/C11H16FNO2/c1-8-2-3-10(12)9(6-8)11(7-13)15-5-4-14/h2-3,6,11,14H,4-5,7,13H2,1H3. The fourth-order valence-corrected chi connectivity index (χ4v) is 1.39. The Kier molecular flexibility index (Phi) is 4.68. The van der Waals surface area contributed by atoms with Gasteiger partial charge in [-0.3, -0.25) is 0 Å². The summed E-state index contributed by atoms with van der Waals surface area (Å²) in [7, 11) is 0. The molecule has 0 fully saturated rings. The van der Waals surface area contributed by atoms with E-state index in [2.05, 4.69) is 0 Å². The van der Waals surface area contributed by atoms with Crippen LogP contribution >= 0.6 is 0 Å². The maximum absolute atomic E-state index is 13.4. The second-order valence-corrected chi connectivity index (χ2v) is 3.34. The van der Waals surface area contributed by atoms with Crippen LogP contribution in [-0.4, -0.2) is 24.9 Å². The second-order valence-electron chi connectivity index (χ2n) is 3.34. The molecule has 0 saturated carbocycles. The molecule has 0 amide bonds. The van der Waals surface area contributed by atoms with Crippen LogP contribution < -0.4 is 5.73 Å². The van der Waals surface area contributed by atoms with Gasteiger partial charge in [-0.15, -0.1) is 0 Å². The molecule has 1 aromatic rings. The highest BCUT2D eigenvalue weighted by atomic mass is 19.1. The highest BCUT2D eigenvalue weighted by molar-refractivity contribution is 5.26. The minimum Gasteiger partial charge on any atom is -0.394 e. The Morgan fingerprint density at radius 3 is 2.87 bits per heavy atom. The molecule has 1 atom stereocenters. The van der Waals surface area contributed by atoms with Crippen LogP contribution in [0.25, 0.3) is 0 Å². The van der Waals surface area contributed by atoms with Crippen molar-refractivity contribution >= 4 is 0 Å². The third kappa shape index (κ3) is 3.27. The maximum Gasteiger partial charge on any atom is 0.129 e. The van der Waals surface area contributed by atoms with Gasteiger partial charge < -0.3 is 15.6 Å². The molecule has 0 saturated heterocycles. The predicted octanol–water partition coefficient (Wildman–Crippen LogP) is 1.14. The van der Waals surface area contributed by atoms with E-state index in [1.165, 1.54) is 6.07 Å². The van der Waals surface area contributed by atoms with Gasteiger partial charge in [0.05, 0.1) is 19.3 Å². The Morgan fingerprint density at radius 2 is 2.27 bits per heavy atom. The largest absolute Gasteiger partial charge is 0.394 e. The summed E-state index contributed by atoms with van der Waals surface area (Å²) >= 11 is 0. The van der Waals surface area contributed by atoms with Crippen molar-refractivity contribution in [1.29, 1.82) is 0 Å². The monoisotopic (exact) mass is 213 g/mol. The summed E-state index contributed by atoms with van der Waals surface area (Å²) in [6, 6.07) is 4.80. The van der Waals surface area contributed by atoms with Crippen molar-refractivity contribution in [2.24, 2.45) is 5.73 Å². The van der Waals surface area contributed by atoms with Crippen LogP contribution in [-0.2, 0) is 4.74 Å². The number of hydrogen-bond donors (Lipinski definition) is 2. The van der Waals surface area contributed by atoms with Crippen LogP contribution in [0.4, 0.5) is 4.39 Å². The zero-order chi connectivity index (χ0) is 11.3. The van der Waals surface area contributed by atoms with E-state index in [-0.39, 0.29) is 25.6 Å². The molecule has 1 aromatic carbocycles. The second kappa shape index (κ2) is 5.80. The number of halogens is 1. The minimum absolute atomic E-state index is 0.0933. The Labute approximate surface area is 88.7 Å². The van der Waals surface area contributed by atoms with Crippen molar-refractivity contribution in [3.8, 4) is 0 Å². The van der Waals surface area contributed by atoms with Crippen molar-refractivity contribution < 1.29 is 14.2 Å². The number of hydrogen-bond acceptors (Lipinski definition) is 3. The first-order valence-corrected chi connectivity index (χ1v) is 4.87. The zero-order valence-corrected chi connectivity index (χ0v) is 8.74. The van der Waals surface area contributed by atoms with Crippen LogP contribution in [0, 0.1) is 12.7 Å². The third-order valence-corrected chi connectivity index (χ3v) is 2.12. The van der Waals surface area contributed by atoms with Crippen molar-refractivity contribution in [2.75, 3.05) is 19.8 Å². The summed E-state index contributed by atoms with van der Waals surface area (Å²) in [6.45, 7) is 2.14. The summed E-state index contributed by atoms with van der Waals surface area (Å²) in [4.78, 5) is 0. The Bertz CT molecular complexity index is 317. The average Bonchev–Trinajstić information content (AvgIpc) is 2.24. The van der Waals surface area contributed by atoms with E-state index in [4.69, 9.17) is 15.6 Å². The quantitative estimate of drug-likeness (QED) is 0.771. The third-order valence-electron chi connectivity index (χ3n) is 2.12. The smallest absolute Gasteiger partial charge is 0.129 e. The molecule has 0 aliphatic rings. The number of aryl methyl sites for hydroxylation is 1. The summed E-state index contributed by atoms with van der Waals surface area (Å²) in [5, 5.41) is 8.62. The Balaban J connectivity index is 2.85. The van der Waals surface area contributed by atoms with Gasteiger partial charge in [-0.05, 0) is 13.0 Å². The van der Waals surface area contributed by atoms with E-state index in [0.29, 0.717) is 5.56 Å². The molecule has 0 aliphatic carbocycles. The van der Waals surface area contributed by atoms with Crippen LogP contribution in [0.3, 0.4) is 0 Å². The highest BCUT2D eigenvalue weighted by Gasteiger charge is 2.14. The lowest BCUT2D eigenvalue weighted by molar-refractivity contribution is 0.0309. The molecular weight excluding hydrogens is 197 g/mol. The minimum atomic E-state index is -0.489. The molecule has 0 aliphatic heterocycles. The summed E-state index contributed by atoms with van der Waals surface area (Å²) in [6.07, 6.45) is -0.489. The fourth-order valence-electron chi connectivity index (χ4n) is 1.39. The van der Waals surface area contributed by atoms with Gasteiger partial charge in [-0.25, -0.2) is 4.39 Å². The summed E-state index contributed by atoms with van der Waals surface area (Å²) < 4.78 is 18.7. The Morgan fingerprint density at radius 1 is 1.53 bits per heavy atom. The van der Waals surface area contributed by atoms with Gasteiger partial charge in [0.25, 0.3) is 0 Å². The van der Waals surface area contributed by atoms with Crippen LogP contribution in [0.1, 0.15) is 17.2 Å². The molecule has 1 rings (SSSR count). The average molecular weight is 213 g/mol. The van der Waals surface area contributed by atoms with E-state index in [0.717, 1.165) is 5.56 Å². The Hall–Kier alpha value is -0.970. The molecule has 0 bridgehead atoms. The topological polar surface area (TPSA) is 55.5 Å². The molecule has 3 nitrogen and oxygen atoms in total. The molecule has 0 aromatic heterocycles. The molecule has 3 N–H and O–H groups in total. The number of aliphatic hydroxyl groups excluding tert-OH is 1. The first-order valence-electron chi connectivity index (χ1n) is 4.87. The zero-order valence-electron chi connectivity index (χ0n) is 8.74. The SMILES string of the molecule is Cc1ccc(F)c(C(CN)OCCO)c1. The van der Waals surface area contributed by atoms with E-state index in [1.807, 2.05) is 6.92 Å². The van der Waals surface area contributed by atoms with Gasteiger partial charge in [0, 0.05) is 12.1 Å². The van der Waals surface area contributed by atoms with Crippen LogP contribution in [0.15, 0.2) is 18.2 Å². The van der Waals surface area contributed by atoms with Crippen molar-refractivity contribution in [2.45, 2.75) is 13.0 Å². The molecule has 1 unspecified atom stereocenters. The number of aliphatic hydroxyl groups is 1. The highest BCUT2D eigenvalue weighted by Crippen LogP contribution is 2.20. The predicted molar refractivity (Wildman–Crippen MR) is 56.0 cm³/mol. The number of ether oxygens (including phenoxy) is 1. The van der Waals surface area contributed by atoms with Crippen LogP contribution in [0.5, 0.6) is 0 Å². The first kappa shape index (κ1) is 12.1. The number of rotatable bonds is 5. The molecule has 0 radical (unpaired) electrons. The molecule has 0 spiro atoms. The molecule has 15 heavy (non-hydrogen) atoms. The van der Waals surface area contributed by atoms with Crippen molar-refractivity contribution in [3.63, 3.8) is 0 Å². The first-order chi connectivity index (χ1) is 7.19. The van der Waals surface area contributed by atoms with E-state index >= 15 is 0 Å². The lowest BCUT2D eigenvalue weighted by Crippen LogP contribution is -2.18. The van der Waals surface area contributed by atoms with Crippen molar-refractivity contribution in [3.05, 3.63) is 35.1 Å². The van der Waals surface area contributed by atoms with E-state index in [1.54, 1.807) is 12.1 Å². The molecule has 4 heteroatoms. The molecule has 84 valence electrons. The van der Waals surface area contributed by atoms with Gasteiger partial charge in [0.2, 0.25) is 0 Å². The van der Waals surface area contributed by atoms with Crippen LogP contribution in [0.2, 0.25) is 0 Å². The van der Waals surface area contributed by atoms with Gasteiger partial charge in [-0.2, -0.15) is 0 Å². The number of nitrogens with two attached hydrogens (primary N) is 1. The van der Waals surface area contributed by atoms with E-state index < -0.39 is 6.10 Å². The van der Waals surface area contributed by atoms with E-state index in [9.17, 15) is 4.39 Å². The van der Waals surface area contributed by atoms with Gasteiger partial charge in [0.15, 0.2) is 0 Å². The lowest BCUT2D eigenvalue weighted by atomic mass is 10.1. The molecule has 0 heterocycles. The van der Waals surface area contributed by atoms with Gasteiger partial charge in [0.1, 0.15) is 5.82 Å². The maximum atomic E-state index is 13.4. The van der Waals surface area contributed by atoms with Gasteiger partial charge in [-0.1, -0.05) is 17.7 Å². The van der Waals surface area contributed by atoms with Crippen molar-refractivity contribution in [1.82, 2.24) is 0 Å². The lowest BCUT2D eigenvalue weighted by Gasteiger charge is -2.16. The fraction of sp³-hybridized carbons (Fsp3) is 0.455. The normalized spacial score (nSPS) is 12.8. The van der Waals surface area contributed by atoms with Gasteiger partial charge >= 0.3 is 0 Å². The number of benzene rings is 1. The summed E-state index contributed by atoms with van der Waals surface area (Å²) in [5.41, 5.74) is 6.90. The molecular formula is C11H16FNO2.